The third-order valence-electron chi connectivity index (χ3n) is 2.70. The Labute approximate surface area is 112 Å². The second kappa shape index (κ2) is 4.92. The van der Waals surface area contributed by atoms with Gasteiger partial charge in [0, 0.05) is 5.39 Å². The third kappa shape index (κ3) is 2.26. The van der Waals surface area contributed by atoms with Crippen LogP contribution in [0.1, 0.15) is 16.2 Å². The van der Waals surface area contributed by atoms with Crippen LogP contribution in [0.15, 0.2) is 35.4 Å². The molecule has 8 nitrogen and oxygen atoms in total. The molecule has 8 heteroatoms. The number of carbonyl (C=O) groups is 1. The summed E-state index contributed by atoms with van der Waals surface area (Å²) in [4.78, 5) is 23.0. The Morgan fingerprint density at radius 2 is 2.20 bits per heavy atom. The van der Waals surface area contributed by atoms with Crippen LogP contribution in [0.25, 0.3) is 10.9 Å². The summed E-state index contributed by atoms with van der Waals surface area (Å²) in [5, 5.41) is 16.4. The first kappa shape index (κ1) is 12.0. The molecule has 3 rings (SSSR count). The van der Waals surface area contributed by atoms with E-state index >= 15 is 0 Å². The second-order valence-corrected chi connectivity index (χ2v) is 3.96. The van der Waals surface area contributed by atoms with Crippen molar-refractivity contribution in [3.8, 4) is 0 Å². The molecule has 3 aromatic rings. The van der Waals surface area contributed by atoms with Crippen molar-refractivity contribution in [2.75, 3.05) is 5.32 Å². The average Bonchev–Trinajstić information content (AvgIpc) is 2.97. The van der Waals surface area contributed by atoms with Gasteiger partial charge in [0.1, 0.15) is 12.1 Å². The van der Waals surface area contributed by atoms with E-state index in [-0.39, 0.29) is 5.56 Å². The van der Waals surface area contributed by atoms with Crippen LogP contribution in [0.2, 0.25) is 0 Å². The van der Waals surface area contributed by atoms with Crippen molar-refractivity contribution in [2.24, 2.45) is 0 Å². The first-order valence-electron chi connectivity index (χ1n) is 5.71. The molecule has 2 heterocycles. The van der Waals surface area contributed by atoms with Gasteiger partial charge in [-0.3, -0.25) is 0 Å². The highest BCUT2D eigenvalue weighted by atomic mass is 16.5. The van der Waals surface area contributed by atoms with E-state index in [4.69, 9.17) is 5.11 Å². The zero-order chi connectivity index (χ0) is 13.9. The molecule has 0 saturated heterocycles. The second-order valence-electron chi connectivity index (χ2n) is 3.96. The van der Waals surface area contributed by atoms with Crippen molar-refractivity contribution in [2.45, 2.75) is 6.54 Å². The van der Waals surface area contributed by atoms with Gasteiger partial charge in [-0.05, 0) is 18.2 Å². The monoisotopic (exact) mass is 271 g/mol. The maximum absolute atomic E-state index is 10.9. The van der Waals surface area contributed by atoms with Gasteiger partial charge in [-0.1, -0.05) is 5.16 Å². The fourth-order valence-electron chi connectivity index (χ4n) is 1.76. The van der Waals surface area contributed by atoms with Crippen molar-refractivity contribution >= 4 is 22.7 Å². The molecule has 0 amide bonds. The van der Waals surface area contributed by atoms with E-state index in [2.05, 4.69) is 29.9 Å². The number of nitrogens with one attached hydrogen (secondary N) is 1. The van der Waals surface area contributed by atoms with Crippen LogP contribution in [0.3, 0.4) is 0 Å². The van der Waals surface area contributed by atoms with Gasteiger partial charge in [0.25, 0.3) is 0 Å². The SMILES string of the molecule is O=C(O)c1ccc2c(NCc3ncon3)ncnc2c1. The number of fused-ring (bicyclic) bond motifs is 1. The Kier molecular flexibility index (Phi) is 2.96. The molecule has 0 radical (unpaired) electrons. The van der Waals surface area contributed by atoms with E-state index in [0.29, 0.717) is 23.7 Å². The number of rotatable bonds is 4. The summed E-state index contributed by atoms with van der Waals surface area (Å²) in [7, 11) is 0. The van der Waals surface area contributed by atoms with E-state index in [1.54, 1.807) is 6.07 Å². The quantitative estimate of drug-likeness (QED) is 0.730. The number of aromatic carboxylic acids is 1. The molecule has 0 saturated carbocycles. The molecule has 0 fully saturated rings. The van der Waals surface area contributed by atoms with E-state index < -0.39 is 5.97 Å². The summed E-state index contributed by atoms with van der Waals surface area (Å²) >= 11 is 0. The molecule has 0 spiro atoms. The molecular weight excluding hydrogens is 262 g/mol. The molecule has 0 aliphatic rings. The van der Waals surface area contributed by atoms with E-state index in [9.17, 15) is 4.79 Å². The van der Waals surface area contributed by atoms with Gasteiger partial charge in [-0.15, -0.1) is 0 Å². The van der Waals surface area contributed by atoms with Crippen molar-refractivity contribution in [3.05, 3.63) is 42.3 Å². The lowest BCUT2D eigenvalue weighted by atomic mass is 10.1. The molecule has 0 bridgehead atoms. The van der Waals surface area contributed by atoms with Gasteiger partial charge < -0.3 is 14.9 Å². The standard InChI is InChI=1S/C12H9N5O3/c18-12(19)7-1-2-8-9(3-7)14-5-15-11(8)13-4-10-16-6-20-17-10/h1-3,5-6H,4H2,(H,18,19)(H,13,14,15). The molecule has 1 aromatic carbocycles. The van der Waals surface area contributed by atoms with Crippen LogP contribution in [0, 0.1) is 0 Å². The largest absolute Gasteiger partial charge is 0.478 e. The fraction of sp³-hybridized carbons (Fsp3) is 0.0833. The maximum Gasteiger partial charge on any atom is 0.335 e. The minimum absolute atomic E-state index is 0.181. The van der Waals surface area contributed by atoms with Crippen molar-refractivity contribution < 1.29 is 14.4 Å². The number of carboxylic acid groups (broad SMARTS) is 1. The number of hydrogen-bond acceptors (Lipinski definition) is 7. The average molecular weight is 271 g/mol. The van der Waals surface area contributed by atoms with E-state index in [0.717, 1.165) is 5.39 Å². The Morgan fingerprint density at radius 1 is 1.30 bits per heavy atom. The smallest absolute Gasteiger partial charge is 0.335 e. The molecule has 2 N–H and O–H groups in total. The molecule has 0 aliphatic carbocycles. The lowest BCUT2D eigenvalue weighted by molar-refractivity contribution is 0.0697. The predicted molar refractivity (Wildman–Crippen MR) is 68.1 cm³/mol. The molecule has 2 aromatic heterocycles. The molecule has 100 valence electrons. The van der Waals surface area contributed by atoms with Crippen molar-refractivity contribution in [1.82, 2.24) is 20.1 Å². The Bertz CT molecular complexity index is 757. The number of benzene rings is 1. The van der Waals surface area contributed by atoms with Gasteiger partial charge in [0.05, 0.1) is 17.6 Å². The zero-order valence-electron chi connectivity index (χ0n) is 10.1. The lowest BCUT2D eigenvalue weighted by Gasteiger charge is -2.06. The first-order chi connectivity index (χ1) is 9.74. The number of aromatic nitrogens is 4. The van der Waals surface area contributed by atoms with E-state index in [1.165, 1.54) is 24.9 Å². The fourth-order valence-corrected chi connectivity index (χ4v) is 1.76. The van der Waals surface area contributed by atoms with Gasteiger partial charge in [0.2, 0.25) is 6.39 Å². The number of hydrogen-bond donors (Lipinski definition) is 2. The number of carboxylic acids is 1. The van der Waals surface area contributed by atoms with Crippen LogP contribution in [0.4, 0.5) is 5.82 Å². The van der Waals surface area contributed by atoms with Gasteiger partial charge in [-0.25, -0.2) is 14.8 Å². The molecule has 0 unspecified atom stereocenters. The van der Waals surface area contributed by atoms with Gasteiger partial charge in [-0.2, -0.15) is 4.98 Å². The molecule has 0 atom stereocenters. The minimum atomic E-state index is -0.994. The zero-order valence-corrected chi connectivity index (χ0v) is 10.1. The Morgan fingerprint density at radius 3 is 2.95 bits per heavy atom. The Hall–Kier alpha value is -3.03. The van der Waals surface area contributed by atoms with Crippen LogP contribution >= 0.6 is 0 Å². The highest BCUT2D eigenvalue weighted by Crippen LogP contribution is 2.20. The van der Waals surface area contributed by atoms with Crippen molar-refractivity contribution in [3.63, 3.8) is 0 Å². The summed E-state index contributed by atoms with van der Waals surface area (Å²) in [5.41, 5.74) is 0.732. The third-order valence-corrected chi connectivity index (χ3v) is 2.70. The summed E-state index contributed by atoms with van der Waals surface area (Å²) in [5.74, 6) is 0.0856. The van der Waals surface area contributed by atoms with Crippen LogP contribution in [0.5, 0.6) is 0 Å². The predicted octanol–water partition coefficient (Wildman–Crippen LogP) is 1.32. The van der Waals surface area contributed by atoms with E-state index in [1.807, 2.05) is 0 Å². The highest BCUT2D eigenvalue weighted by Gasteiger charge is 2.08. The normalized spacial score (nSPS) is 10.6. The summed E-state index contributed by atoms with van der Waals surface area (Å²) < 4.78 is 4.63. The minimum Gasteiger partial charge on any atom is -0.478 e. The topological polar surface area (TPSA) is 114 Å². The molecule has 0 aliphatic heterocycles. The lowest BCUT2D eigenvalue weighted by Crippen LogP contribution is -2.04. The maximum atomic E-state index is 10.9. The van der Waals surface area contributed by atoms with Crippen molar-refractivity contribution in [1.29, 1.82) is 0 Å². The van der Waals surface area contributed by atoms with Gasteiger partial charge in [0.15, 0.2) is 5.82 Å². The molecule has 20 heavy (non-hydrogen) atoms. The van der Waals surface area contributed by atoms with Crippen LogP contribution in [-0.2, 0) is 6.54 Å². The summed E-state index contributed by atoms with van der Waals surface area (Å²) in [6, 6.07) is 4.67. The summed E-state index contributed by atoms with van der Waals surface area (Å²) in [6.45, 7) is 0.350. The van der Waals surface area contributed by atoms with Crippen LogP contribution in [-0.4, -0.2) is 31.2 Å². The summed E-state index contributed by atoms with van der Waals surface area (Å²) in [6.07, 6.45) is 2.61. The van der Waals surface area contributed by atoms with Gasteiger partial charge >= 0.3 is 5.97 Å². The van der Waals surface area contributed by atoms with Crippen LogP contribution < -0.4 is 5.32 Å². The Balaban J connectivity index is 1.93. The highest BCUT2D eigenvalue weighted by molar-refractivity contribution is 5.96. The number of anilines is 1. The molecular formula is C12H9N5O3. The first-order valence-corrected chi connectivity index (χ1v) is 5.71. The number of nitrogens with zero attached hydrogens (tertiary/aromatic N) is 4.